The van der Waals surface area contributed by atoms with Crippen LogP contribution >= 0.6 is 11.8 Å². The zero-order chi connectivity index (χ0) is 20.8. The maximum atomic E-state index is 12.6. The van der Waals surface area contributed by atoms with E-state index < -0.39 is 0 Å². The fourth-order valence-corrected chi connectivity index (χ4v) is 3.46. The van der Waals surface area contributed by atoms with Crippen LogP contribution in [0.2, 0.25) is 0 Å². The summed E-state index contributed by atoms with van der Waals surface area (Å²) in [5, 5.41) is 2.72. The van der Waals surface area contributed by atoms with Crippen molar-refractivity contribution >= 4 is 40.2 Å². The molecule has 1 heterocycles. The van der Waals surface area contributed by atoms with E-state index in [1.165, 1.54) is 4.90 Å². The molecule has 0 aliphatic carbocycles. The van der Waals surface area contributed by atoms with Crippen LogP contribution in [-0.4, -0.2) is 49.2 Å². The first kappa shape index (κ1) is 20.7. The molecule has 0 bridgehead atoms. The minimum absolute atomic E-state index is 0.0648. The van der Waals surface area contributed by atoms with Gasteiger partial charge in [0, 0.05) is 37.5 Å². The fraction of sp³-hybridized carbons (Fsp3) is 0.286. The van der Waals surface area contributed by atoms with Crippen LogP contribution in [0.15, 0.2) is 53.4 Å². The number of para-hydroxylation sites is 2. The van der Waals surface area contributed by atoms with Crippen LogP contribution in [0.1, 0.15) is 12.8 Å². The monoisotopic (exact) mass is 413 g/mol. The highest BCUT2D eigenvalue weighted by molar-refractivity contribution is 8.13. The lowest BCUT2D eigenvalue weighted by Crippen LogP contribution is -2.38. The van der Waals surface area contributed by atoms with Crippen LogP contribution in [0.4, 0.5) is 16.2 Å². The molecule has 0 aromatic heterocycles. The van der Waals surface area contributed by atoms with Crippen molar-refractivity contribution in [3.05, 3.63) is 48.5 Å². The number of benzene rings is 2. The Morgan fingerprint density at radius 3 is 2.52 bits per heavy atom. The Morgan fingerprint density at radius 1 is 1.07 bits per heavy atom. The summed E-state index contributed by atoms with van der Waals surface area (Å²) in [5.41, 5.74) is 1.37. The molecule has 0 saturated carbocycles. The smallest absolute Gasteiger partial charge is 0.285 e. The second-order valence-corrected chi connectivity index (χ2v) is 7.72. The minimum atomic E-state index is -0.232. The molecule has 0 spiro atoms. The molecule has 1 N–H and O–H groups in total. The number of nitrogens with zero attached hydrogens (tertiary/aromatic N) is 2. The van der Waals surface area contributed by atoms with Crippen molar-refractivity contribution in [2.45, 2.75) is 17.7 Å². The number of carbonyl (C=O) groups excluding carboxylic acids is 3. The molecule has 0 fully saturated rings. The highest BCUT2D eigenvalue weighted by Gasteiger charge is 2.23. The molecule has 1 aliphatic heterocycles. The maximum absolute atomic E-state index is 12.6. The van der Waals surface area contributed by atoms with Gasteiger partial charge in [0.25, 0.3) is 5.24 Å². The Balaban J connectivity index is 1.50. The van der Waals surface area contributed by atoms with Crippen LogP contribution in [0, 0.1) is 0 Å². The third-order valence-electron chi connectivity index (χ3n) is 4.30. The van der Waals surface area contributed by atoms with E-state index in [0.717, 1.165) is 22.3 Å². The molecule has 29 heavy (non-hydrogen) atoms. The zero-order valence-corrected chi connectivity index (χ0v) is 17.2. The SMILES string of the molecule is CN(C)C(=O)Sc1ccc(NC(=O)CCC(=O)N2CCOc3ccccc32)cc1. The predicted octanol–water partition coefficient (Wildman–Crippen LogP) is 3.60. The average molecular weight is 413 g/mol. The van der Waals surface area contributed by atoms with E-state index in [-0.39, 0.29) is 29.9 Å². The molecule has 0 radical (unpaired) electrons. The van der Waals surface area contributed by atoms with Gasteiger partial charge in [0.15, 0.2) is 0 Å². The van der Waals surface area contributed by atoms with Crippen molar-refractivity contribution in [2.75, 3.05) is 37.5 Å². The van der Waals surface area contributed by atoms with Crippen molar-refractivity contribution in [1.29, 1.82) is 0 Å². The number of hydrogen-bond donors (Lipinski definition) is 1. The second kappa shape index (κ2) is 9.47. The molecule has 2 aromatic carbocycles. The van der Waals surface area contributed by atoms with Crippen LogP contribution in [0.25, 0.3) is 0 Å². The third-order valence-corrected chi connectivity index (χ3v) is 5.35. The molecule has 0 saturated heterocycles. The number of rotatable bonds is 5. The van der Waals surface area contributed by atoms with Crippen LogP contribution < -0.4 is 15.0 Å². The molecule has 8 heteroatoms. The maximum Gasteiger partial charge on any atom is 0.285 e. The summed E-state index contributed by atoms with van der Waals surface area (Å²) >= 11 is 1.12. The molecular formula is C21H23N3O4S. The number of nitrogens with one attached hydrogen (secondary N) is 1. The molecule has 2 aromatic rings. The van der Waals surface area contributed by atoms with E-state index in [9.17, 15) is 14.4 Å². The molecule has 3 rings (SSSR count). The van der Waals surface area contributed by atoms with Crippen LogP contribution in [0.5, 0.6) is 5.75 Å². The van der Waals surface area contributed by atoms with Gasteiger partial charge in [0.2, 0.25) is 11.8 Å². The number of thioether (sulfide) groups is 1. The summed E-state index contributed by atoms with van der Waals surface area (Å²) in [6, 6.07) is 14.4. The molecular weight excluding hydrogens is 390 g/mol. The van der Waals surface area contributed by atoms with Crippen molar-refractivity contribution in [1.82, 2.24) is 4.90 Å². The van der Waals surface area contributed by atoms with Gasteiger partial charge in [-0.25, -0.2) is 0 Å². The Bertz CT molecular complexity index is 899. The highest BCUT2D eigenvalue weighted by Crippen LogP contribution is 2.31. The summed E-state index contributed by atoms with van der Waals surface area (Å²) in [7, 11) is 3.39. The van der Waals surface area contributed by atoms with Crippen LogP contribution in [0.3, 0.4) is 0 Å². The quantitative estimate of drug-likeness (QED) is 0.758. The molecule has 0 atom stereocenters. The lowest BCUT2D eigenvalue weighted by atomic mass is 10.2. The van der Waals surface area contributed by atoms with E-state index in [1.54, 1.807) is 43.3 Å². The van der Waals surface area contributed by atoms with Gasteiger partial charge in [-0.1, -0.05) is 12.1 Å². The standard InChI is InChI=1S/C21H23N3O4S/c1-23(2)21(27)29-16-9-7-15(8-10-16)22-19(25)11-12-20(26)24-13-14-28-18-6-4-3-5-17(18)24/h3-10H,11-14H2,1-2H3,(H,22,25). The molecule has 3 amide bonds. The first-order valence-electron chi connectivity index (χ1n) is 9.25. The predicted molar refractivity (Wildman–Crippen MR) is 114 cm³/mol. The topological polar surface area (TPSA) is 79.0 Å². The summed E-state index contributed by atoms with van der Waals surface area (Å²) < 4.78 is 5.56. The summed E-state index contributed by atoms with van der Waals surface area (Å²) in [5.74, 6) is 0.344. The highest BCUT2D eigenvalue weighted by atomic mass is 32.2. The lowest BCUT2D eigenvalue weighted by Gasteiger charge is -2.29. The molecule has 7 nitrogen and oxygen atoms in total. The number of anilines is 2. The summed E-state index contributed by atoms with van der Waals surface area (Å²) in [6.45, 7) is 0.915. The van der Waals surface area contributed by atoms with Crippen molar-refractivity contribution < 1.29 is 19.1 Å². The van der Waals surface area contributed by atoms with E-state index in [2.05, 4.69) is 5.32 Å². The van der Waals surface area contributed by atoms with Crippen molar-refractivity contribution in [2.24, 2.45) is 0 Å². The molecule has 1 aliphatic rings. The average Bonchev–Trinajstić information content (AvgIpc) is 2.73. The third kappa shape index (κ3) is 5.51. The normalized spacial score (nSPS) is 12.6. The van der Waals surface area contributed by atoms with Gasteiger partial charge >= 0.3 is 0 Å². The number of fused-ring (bicyclic) bond motifs is 1. The van der Waals surface area contributed by atoms with Crippen molar-refractivity contribution in [3.63, 3.8) is 0 Å². The van der Waals surface area contributed by atoms with E-state index in [4.69, 9.17) is 4.74 Å². The van der Waals surface area contributed by atoms with Gasteiger partial charge in [-0.3, -0.25) is 14.4 Å². The largest absolute Gasteiger partial charge is 0.490 e. The zero-order valence-electron chi connectivity index (χ0n) is 16.4. The fourth-order valence-electron chi connectivity index (χ4n) is 2.81. The Labute approximate surface area is 174 Å². The van der Waals surface area contributed by atoms with Gasteiger partial charge in [-0.2, -0.15) is 0 Å². The summed E-state index contributed by atoms with van der Waals surface area (Å²) in [4.78, 5) is 40.5. The Hall–Kier alpha value is -3.00. The van der Waals surface area contributed by atoms with E-state index in [1.807, 2.05) is 24.3 Å². The minimum Gasteiger partial charge on any atom is -0.490 e. The van der Waals surface area contributed by atoms with E-state index >= 15 is 0 Å². The lowest BCUT2D eigenvalue weighted by molar-refractivity contribution is -0.122. The van der Waals surface area contributed by atoms with Gasteiger partial charge in [0.05, 0.1) is 12.2 Å². The number of carbonyl (C=O) groups is 3. The number of amides is 3. The van der Waals surface area contributed by atoms with E-state index in [0.29, 0.717) is 24.6 Å². The second-order valence-electron chi connectivity index (χ2n) is 6.70. The van der Waals surface area contributed by atoms with Gasteiger partial charge in [-0.05, 0) is 48.2 Å². The van der Waals surface area contributed by atoms with Gasteiger partial charge in [-0.15, -0.1) is 0 Å². The molecule has 0 unspecified atom stereocenters. The molecule has 152 valence electrons. The Kier molecular flexibility index (Phi) is 6.77. The summed E-state index contributed by atoms with van der Waals surface area (Å²) in [6.07, 6.45) is 0.208. The van der Waals surface area contributed by atoms with Crippen LogP contribution in [-0.2, 0) is 9.59 Å². The Morgan fingerprint density at radius 2 is 1.79 bits per heavy atom. The first-order chi connectivity index (χ1) is 13.9. The number of ether oxygens (including phenoxy) is 1. The van der Waals surface area contributed by atoms with Crippen molar-refractivity contribution in [3.8, 4) is 5.75 Å². The number of hydrogen-bond acceptors (Lipinski definition) is 5. The van der Waals surface area contributed by atoms with Gasteiger partial charge in [0.1, 0.15) is 12.4 Å². The first-order valence-corrected chi connectivity index (χ1v) is 10.1. The van der Waals surface area contributed by atoms with Gasteiger partial charge < -0.3 is 19.9 Å².